The van der Waals surface area contributed by atoms with Gasteiger partial charge in [0.1, 0.15) is 11.0 Å². The van der Waals surface area contributed by atoms with Gasteiger partial charge in [-0.05, 0) is 36.8 Å². The second kappa shape index (κ2) is 6.28. The zero-order valence-electron chi connectivity index (χ0n) is 14.0. The molecule has 0 saturated heterocycles. The number of carbonyl (C=O) groups excluding carboxylic acids is 1. The number of rotatable bonds is 3. The maximum absolute atomic E-state index is 11.4. The van der Waals surface area contributed by atoms with Crippen molar-refractivity contribution >= 4 is 28.5 Å². The van der Waals surface area contributed by atoms with E-state index in [1.165, 1.54) is 0 Å². The van der Waals surface area contributed by atoms with E-state index in [0.29, 0.717) is 5.69 Å². The zero-order chi connectivity index (χ0) is 18.3. The second-order valence-corrected chi connectivity index (χ2v) is 6.41. The van der Waals surface area contributed by atoms with Crippen molar-refractivity contribution in [2.45, 2.75) is 6.92 Å². The molecule has 6 heteroatoms. The van der Waals surface area contributed by atoms with Crippen LogP contribution < -0.4 is 5.73 Å². The number of fused-ring (bicyclic) bond motifs is 1. The first-order valence-corrected chi connectivity index (χ1v) is 8.43. The van der Waals surface area contributed by atoms with Crippen LogP contribution in [0.15, 0.2) is 54.6 Å². The first-order valence-electron chi connectivity index (χ1n) is 8.05. The average Bonchev–Trinajstić information content (AvgIpc) is 3.04. The van der Waals surface area contributed by atoms with E-state index in [-0.39, 0.29) is 10.7 Å². The van der Waals surface area contributed by atoms with Crippen molar-refractivity contribution in [3.63, 3.8) is 0 Å². The van der Waals surface area contributed by atoms with Crippen molar-refractivity contribution in [3.05, 3.63) is 70.9 Å². The summed E-state index contributed by atoms with van der Waals surface area (Å²) in [5, 5.41) is 0.0880. The number of aromatic nitrogens is 3. The molecule has 0 spiro atoms. The van der Waals surface area contributed by atoms with Gasteiger partial charge in [-0.25, -0.2) is 9.97 Å². The summed E-state index contributed by atoms with van der Waals surface area (Å²) in [6.07, 6.45) is 0. The summed E-state index contributed by atoms with van der Waals surface area (Å²) >= 11 is 6.12. The van der Waals surface area contributed by atoms with Gasteiger partial charge in [0.2, 0.25) is 0 Å². The minimum Gasteiger partial charge on any atom is -0.366 e. The van der Waals surface area contributed by atoms with E-state index in [0.717, 1.165) is 33.5 Å². The Bertz CT molecular complexity index is 1150. The molecule has 2 aromatic heterocycles. The molecule has 5 nitrogen and oxygen atoms in total. The minimum atomic E-state index is -0.602. The molecular formula is C20H15ClN4O. The van der Waals surface area contributed by atoms with Crippen LogP contribution in [-0.4, -0.2) is 20.9 Å². The monoisotopic (exact) mass is 362 g/mol. The number of imidazole rings is 1. The summed E-state index contributed by atoms with van der Waals surface area (Å²) in [6.45, 7) is 2.04. The van der Waals surface area contributed by atoms with Crippen LogP contribution in [0.2, 0.25) is 5.15 Å². The van der Waals surface area contributed by atoms with Crippen molar-refractivity contribution in [1.29, 1.82) is 0 Å². The smallest absolute Gasteiger partial charge is 0.251 e. The fourth-order valence-corrected chi connectivity index (χ4v) is 3.18. The Morgan fingerprint density at radius 3 is 2.54 bits per heavy atom. The van der Waals surface area contributed by atoms with Gasteiger partial charge < -0.3 is 10.7 Å². The average molecular weight is 363 g/mol. The van der Waals surface area contributed by atoms with Gasteiger partial charge in [0, 0.05) is 11.1 Å². The topological polar surface area (TPSA) is 84.7 Å². The van der Waals surface area contributed by atoms with Gasteiger partial charge >= 0.3 is 0 Å². The number of aryl methyl sites for hydroxylation is 1. The van der Waals surface area contributed by atoms with Crippen molar-refractivity contribution in [2.24, 2.45) is 5.73 Å². The number of nitrogens with one attached hydrogen (secondary N) is 1. The zero-order valence-corrected chi connectivity index (χ0v) is 14.7. The van der Waals surface area contributed by atoms with Crippen molar-refractivity contribution in [2.75, 3.05) is 0 Å². The molecule has 0 atom stereocenters. The lowest BCUT2D eigenvalue weighted by Crippen LogP contribution is -2.12. The first kappa shape index (κ1) is 16.3. The molecule has 0 aliphatic rings. The van der Waals surface area contributed by atoms with Gasteiger partial charge in [-0.15, -0.1) is 0 Å². The molecule has 26 heavy (non-hydrogen) atoms. The first-order chi connectivity index (χ1) is 12.5. The summed E-state index contributed by atoms with van der Waals surface area (Å²) in [7, 11) is 0. The Morgan fingerprint density at radius 2 is 1.81 bits per heavy atom. The van der Waals surface area contributed by atoms with E-state index in [2.05, 4.69) is 21.0 Å². The number of hydrogen-bond donors (Lipinski definition) is 2. The number of nitrogens with zero attached hydrogens (tertiary/aromatic N) is 2. The number of H-pyrrole nitrogens is 1. The lowest BCUT2D eigenvalue weighted by molar-refractivity contribution is 0.1000. The highest BCUT2D eigenvalue weighted by molar-refractivity contribution is 6.32. The van der Waals surface area contributed by atoms with Gasteiger partial charge in [0.25, 0.3) is 5.91 Å². The van der Waals surface area contributed by atoms with Crippen LogP contribution in [-0.2, 0) is 0 Å². The molecule has 0 aliphatic carbocycles. The van der Waals surface area contributed by atoms with E-state index < -0.39 is 5.91 Å². The van der Waals surface area contributed by atoms with Crippen LogP contribution in [0.25, 0.3) is 33.7 Å². The highest BCUT2D eigenvalue weighted by atomic mass is 35.5. The molecule has 0 saturated carbocycles. The lowest BCUT2D eigenvalue weighted by atomic mass is 10.0. The number of primary amides is 1. The van der Waals surface area contributed by atoms with E-state index in [1.54, 1.807) is 12.1 Å². The van der Waals surface area contributed by atoms with Gasteiger partial charge in [-0.3, -0.25) is 4.79 Å². The number of nitrogens with two attached hydrogens (primary N) is 1. The van der Waals surface area contributed by atoms with E-state index in [1.807, 2.05) is 43.3 Å². The normalized spacial score (nSPS) is 11.0. The summed E-state index contributed by atoms with van der Waals surface area (Å²) in [6, 6.07) is 17.2. The van der Waals surface area contributed by atoms with Crippen LogP contribution in [0.4, 0.5) is 0 Å². The Balaban J connectivity index is 1.86. The van der Waals surface area contributed by atoms with Crippen LogP contribution in [0.5, 0.6) is 0 Å². The molecule has 2 heterocycles. The summed E-state index contributed by atoms with van der Waals surface area (Å²) in [4.78, 5) is 23.8. The molecular weight excluding hydrogens is 348 g/mol. The number of halogens is 1. The maximum atomic E-state index is 11.4. The molecule has 4 aromatic rings. The van der Waals surface area contributed by atoms with E-state index >= 15 is 0 Å². The Hall–Kier alpha value is -3.18. The van der Waals surface area contributed by atoms with Crippen molar-refractivity contribution in [1.82, 2.24) is 15.0 Å². The second-order valence-electron chi connectivity index (χ2n) is 6.05. The fraction of sp³-hybridized carbons (Fsp3) is 0.0500. The van der Waals surface area contributed by atoms with Gasteiger partial charge in [-0.2, -0.15) is 0 Å². The third kappa shape index (κ3) is 2.82. The van der Waals surface area contributed by atoms with Crippen LogP contribution in [0, 0.1) is 6.92 Å². The highest BCUT2D eigenvalue weighted by Crippen LogP contribution is 2.31. The third-order valence-electron chi connectivity index (χ3n) is 4.21. The highest BCUT2D eigenvalue weighted by Gasteiger charge is 2.15. The largest absolute Gasteiger partial charge is 0.366 e. The number of amides is 1. The number of hydrogen-bond acceptors (Lipinski definition) is 3. The minimum absolute atomic E-state index is 0.0880. The van der Waals surface area contributed by atoms with Gasteiger partial charge in [0.05, 0.1) is 22.3 Å². The summed E-state index contributed by atoms with van der Waals surface area (Å²) in [5.74, 6) is 0.146. The Labute approximate surface area is 154 Å². The molecule has 0 radical (unpaired) electrons. The number of aromatic amines is 1. The summed E-state index contributed by atoms with van der Waals surface area (Å²) in [5.41, 5.74) is 10.9. The molecule has 0 fully saturated rings. The van der Waals surface area contributed by atoms with Crippen LogP contribution >= 0.6 is 11.6 Å². The molecule has 1 amide bonds. The van der Waals surface area contributed by atoms with Gasteiger partial charge in [-0.1, -0.05) is 41.9 Å². The van der Waals surface area contributed by atoms with E-state index in [4.69, 9.17) is 17.3 Å². The maximum Gasteiger partial charge on any atom is 0.251 e. The van der Waals surface area contributed by atoms with Crippen LogP contribution in [0.1, 0.15) is 15.9 Å². The third-order valence-corrected chi connectivity index (χ3v) is 4.50. The standard InChI is InChI=1S/C20H15ClN4O/c1-11-6-8-16-17(10-11)25-20(24-16)13-5-3-2-4-12(13)15-9-7-14(19(22)26)18(21)23-15/h2-10H,1H3,(H2,22,26)(H,24,25). The lowest BCUT2D eigenvalue weighted by Gasteiger charge is -2.08. The molecule has 0 unspecified atom stereocenters. The Kier molecular flexibility index (Phi) is 3.93. The molecule has 0 bridgehead atoms. The predicted octanol–water partition coefficient (Wildman–Crippen LogP) is 4.35. The predicted molar refractivity (Wildman–Crippen MR) is 103 cm³/mol. The molecule has 128 valence electrons. The van der Waals surface area contributed by atoms with Gasteiger partial charge in [0.15, 0.2) is 0 Å². The molecule has 2 aromatic carbocycles. The Morgan fingerprint density at radius 1 is 1.04 bits per heavy atom. The fourth-order valence-electron chi connectivity index (χ4n) is 2.93. The molecule has 0 aliphatic heterocycles. The SMILES string of the molecule is Cc1ccc2nc(-c3ccccc3-c3ccc(C(N)=O)c(Cl)n3)[nH]c2c1. The number of benzene rings is 2. The quantitative estimate of drug-likeness (QED) is 0.531. The van der Waals surface area contributed by atoms with E-state index in [9.17, 15) is 4.79 Å². The number of pyridine rings is 1. The summed E-state index contributed by atoms with van der Waals surface area (Å²) < 4.78 is 0. The number of carbonyl (C=O) groups is 1. The van der Waals surface area contributed by atoms with Crippen molar-refractivity contribution in [3.8, 4) is 22.6 Å². The molecule has 3 N–H and O–H groups in total. The molecule has 4 rings (SSSR count). The van der Waals surface area contributed by atoms with Crippen molar-refractivity contribution < 1.29 is 4.79 Å². The van der Waals surface area contributed by atoms with Crippen LogP contribution in [0.3, 0.4) is 0 Å².